The first kappa shape index (κ1) is 19.2. The molecule has 11 nitrogen and oxygen atoms in total. The van der Waals surface area contributed by atoms with Crippen molar-refractivity contribution in [2.24, 2.45) is 7.05 Å². The van der Waals surface area contributed by atoms with Crippen LogP contribution in [-0.2, 0) is 26.6 Å². The predicted octanol–water partition coefficient (Wildman–Crippen LogP) is -0.840. The molecular formula is C10H15ClN4O7S. The van der Waals surface area contributed by atoms with Gasteiger partial charge in [-0.25, -0.2) is 15.0 Å². The third-order valence-corrected chi connectivity index (χ3v) is 4.00. The number of hydrogen-bond acceptors (Lipinski definition) is 8. The Balaban J connectivity index is 3.15. The number of hydroxylamine groups is 1. The van der Waals surface area contributed by atoms with Crippen molar-refractivity contribution in [3.05, 3.63) is 10.7 Å². The van der Waals surface area contributed by atoms with E-state index in [1.54, 1.807) is 4.72 Å². The summed E-state index contributed by atoms with van der Waals surface area (Å²) in [5.41, 5.74) is 1.39. The number of sulfonamides is 1. The number of halogens is 1. The van der Waals surface area contributed by atoms with Gasteiger partial charge in [-0.05, 0) is 6.92 Å². The molecule has 1 atom stereocenters. The Hall–Kier alpha value is -1.89. The molecule has 13 heteroatoms. The molecule has 0 aromatic carbocycles. The molecule has 1 heterocycles. The van der Waals surface area contributed by atoms with Crippen molar-refractivity contribution in [3.63, 3.8) is 0 Å². The van der Waals surface area contributed by atoms with Crippen molar-refractivity contribution in [2.45, 2.75) is 18.1 Å². The quantitative estimate of drug-likeness (QED) is 0.549. The summed E-state index contributed by atoms with van der Waals surface area (Å²) in [6.45, 7) is 1.19. The van der Waals surface area contributed by atoms with Crippen LogP contribution in [0.1, 0.15) is 17.3 Å². The minimum absolute atomic E-state index is 0.230. The molecule has 0 aliphatic carbocycles. The molecule has 0 fully saturated rings. The molecule has 0 spiro atoms. The SMILES string of the molecule is COC(=O)NS(=O)(=O)c1c(C(=O)NOCC(C)O)c(Cl)nn1C. The number of rotatable bonds is 6. The van der Waals surface area contributed by atoms with Crippen LogP contribution in [0.3, 0.4) is 0 Å². The Kier molecular flexibility index (Phi) is 6.32. The normalized spacial score (nSPS) is 12.6. The molecular weight excluding hydrogens is 356 g/mol. The fourth-order valence-corrected chi connectivity index (χ4v) is 3.05. The average Bonchev–Trinajstić information content (AvgIpc) is 2.73. The zero-order chi connectivity index (χ0) is 17.8. The highest BCUT2D eigenvalue weighted by Crippen LogP contribution is 2.23. The molecule has 1 unspecified atom stereocenters. The Morgan fingerprint density at radius 2 is 2.09 bits per heavy atom. The Morgan fingerprint density at radius 1 is 1.48 bits per heavy atom. The summed E-state index contributed by atoms with van der Waals surface area (Å²) in [6.07, 6.45) is -2.11. The van der Waals surface area contributed by atoms with E-state index in [2.05, 4.69) is 9.84 Å². The topological polar surface area (TPSA) is 149 Å². The fraction of sp³-hybridized carbons (Fsp3) is 0.500. The van der Waals surface area contributed by atoms with Crippen LogP contribution < -0.4 is 10.2 Å². The molecule has 3 N–H and O–H groups in total. The van der Waals surface area contributed by atoms with Gasteiger partial charge in [0.2, 0.25) is 0 Å². The molecule has 2 amide bonds. The number of carbonyl (C=O) groups is 2. The van der Waals surface area contributed by atoms with E-state index in [-0.39, 0.29) is 6.61 Å². The van der Waals surface area contributed by atoms with Crippen LogP contribution in [0.5, 0.6) is 0 Å². The van der Waals surface area contributed by atoms with E-state index in [1.165, 1.54) is 14.0 Å². The largest absolute Gasteiger partial charge is 0.452 e. The van der Waals surface area contributed by atoms with Gasteiger partial charge in [-0.1, -0.05) is 11.6 Å². The van der Waals surface area contributed by atoms with E-state index in [9.17, 15) is 18.0 Å². The van der Waals surface area contributed by atoms with Crippen molar-refractivity contribution in [2.75, 3.05) is 13.7 Å². The third-order valence-electron chi connectivity index (χ3n) is 2.33. The lowest BCUT2D eigenvalue weighted by Gasteiger charge is -2.10. The number of aliphatic hydroxyl groups excluding tert-OH is 1. The molecule has 23 heavy (non-hydrogen) atoms. The Labute approximate surface area is 136 Å². The van der Waals surface area contributed by atoms with Crippen LogP contribution >= 0.6 is 11.6 Å². The summed E-state index contributed by atoms with van der Waals surface area (Å²) in [4.78, 5) is 27.8. The molecule has 130 valence electrons. The molecule has 0 saturated carbocycles. The van der Waals surface area contributed by atoms with Crippen LogP contribution in [0, 0.1) is 0 Å². The maximum Gasteiger partial charge on any atom is 0.420 e. The van der Waals surface area contributed by atoms with E-state index in [4.69, 9.17) is 21.5 Å². The van der Waals surface area contributed by atoms with Gasteiger partial charge < -0.3 is 9.84 Å². The predicted molar refractivity (Wildman–Crippen MR) is 76.0 cm³/mol. The van der Waals surface area contributed by atoms with Crippen LogP contribution in [0.2, 0.25) is 5.15 Å². The summed E-state index contributed by atoms with van der Waals surface area (Å²) in [5, 5.41) is 11.6. The second kappa shape index (κ2) is 7.59. The fourth-order valence-electron chi connectivity index (χ4n) is 1.45. The van der Waals surface area contributed by atoms with E-state index in [0.29, 0.717) is 0 Å². The summed E-state index contributed by atoms with van der Waals surface area (Å²) < 4.78 is 30.9. The van der Waals surface area contributed by atoms with Crippen molar-refractivity contribution in [3.8, 4) is 0 Å². The number of carbonyl (C=O) groups excluding carboxylic acids is 2. The molecule has 1 aromatic rings. The number of aliphatic hydroxyl groups is 1. The number of ether oxygens (including phenoxy) is 1. The summed E-state index contributed by atoms with van der Waals surface area (Å²) >= 11 is 5.76. The standard InChI is InChI=1S/C10H15ClN4O7S/c1-5(16)4-22-13-8(17)6-7(11)12-15(2)9(6)23(19,20)14-10(18)21-3/h5,16H,4H2,1-3H3,(H,13,17)(H,14,18). The van der Waals surface area contributed by atoms with Crippen LogP contribution in [0.15, 0.2) is 5.03 Å². The van der Waals surface area contributed by atoms with Crippen LogP contribution in [-0.4, -0.2) is 55.1 Å². The number of nitrogens with one attached hydrogen (secondary N) is 2. The number of aromatic nitrogens is 2. The summed E-state index contributed by atoms with van der Waals surface area (Å²) in [5.74, 6) is -1.02. The van der Waals surface area contributed by atoms with E-state index >= 15 is 0 Å². The Bertz CT molecular complexity index is 700. The Morgan fingerprint density at radius 3 is 2.61 bits per heavy atom. The number of amides is 2. The highest BCUT2D eigenvalue weighted by atomic mass is 35.5. The minimum Gasteiger partial charge on any atom is -0.452 e. The van der Waals surface area contributed by atoms with Gasteiger partial charge in [-0.15, -0.1) is 0 Å². The number of methoxy groups -OCH3 is 1. The van der Waals surface area contributed by atoms with Gasteiger partial charge in [-0.3, -0.25) is 14.3 Å². The molecule has 1 aromatic heterocycles. The van der Waals surface area contributed by atoms with Gasteiger partial charge >= 0.3 is 6.09 Å². The average molecular weight is 371 g/mol. The smallest absolute Gasteiger partial charge is 0.420 e. The van der Waals surface area contributed by atoms with Crippen LogP contribution in [0.4, 0.5) is 4.79 Å². The molecule has 0 bridgehead atoms. The first-order valence-corrected chi connectivity index (χ1v) is 7.89. The molecule has 1 rings (SSSR count). The maximum atomic E-state index is 12.2. The second-order valence-corrected chi connectivity index (χ2v) is 6.24. The van der Waals surface area contributed by atoms with Crippen molar-refractivity contribution in [1.29, 1.82) is 0 Å². The van der Waals surface area contributed by atoms with Gasteiger partial charge in [0.15, 0.2) is 10.2 Å². The van der Waals surface area contributed by atoms with Gasteiger partial charge in [0.1, 0.15) is 12.2 Å². The lowest BCUT2D eigenvalue weighted by atomic mass is 10.3. The second-order valence-electron chi connectivity index (χ2n) is 4.28. The van der Waals surface area contributed by atoms with Gasteiger partial charge in [0.25, 0.3) is 15.9 Å². The monoisotopic (exact) mass is 370 g/mol. The highest BCUT2D eigenvalue weighted by molar-refractivity contribution is 7.90. The third kappa shape index (κ3) is 4.79. The summed E-state index contributed by atoms with van der Waals surface area (Å²) in [6, 6.07) is 0. The number of nitrogens with zero attached hydrogens (tertiary/aromatic N) is 2. The molecule has 0 radical (unpaired) electrons. The molecule has 0 saturated heterocycles. The lowest BCUT2D eigenvalue weighted by Crippen LogP contribution is -2.34. The van der Waals surface area contributed by atoms with Crippen molar-refractivity contribution < 1.29 is 32.7 Å². The minimum atomic E-state index is -4.47. The first-order valence-electron chi connectivity index (χ1n) is 6.03. The van der Waals surface area contributed by atoms with Gasteiger partial charge in [0, 0.05) is 7.05 Å². The van der Waals surface area contributed by atoms with Gasteiger partial charge in [0.05, 0.1) is 13.2 Å². The van der Waals surface area contributed by atoms with E-state index in [0.717, 1.165) is 11.8 Å². The first-order chi connectivity index (χ1) is 10.6. The molecule has 0 aliphatic rings. The van der Waals surface area contributed by atoms with Crippen molar-refractivity contribution in [1.82, 2.24) is 20.0 Å². The van der Waals surface area contributed by atoms with E-state index < -0.39 is 43.9 Å². The van der Waals surface area contributed by atoms with E-state index in [1.807, 2.05) is 5.48 Å². The number of aryl methyl sites for hydroxylation is 1. The number of hydrogen-bond donors (Lipinski definition) is 3. The van der Waals surface area contributed by atoms with Gasteiger partial charge in [-0.2, -0.15) is 13.5 Å². The summed E-state index contributed by atoms with van der Waals surface area (Å²) in [7, 11) is -2.29. The highest BCUT2D eigenvalue weighted by Gasteiger charge is 2.32. The maximum absolute atomic E-state index is 12.2. The lowest BCUT2D eigenvalue weighted by molar-refractivity contribution is -0.00705. The zero-order valence-electron chi connectivity index (χ0n) is 12.4. The molecule has 0 aliphatic heterocycles. The van der Waals surface area contributed by atoms with Crippen molar-refractivity contribution >= 4 is 33.6 Å². The zero-order valence-corrected chi connectivity index (χ0v) is 13.9. The van der Waals surface area contributed by atoms with Crippen LogP contribution in [0.25, 0.3) is 0 Å².